The van der Waals surface area contributed by atoms with Crippen LogP contribution in [0.1, 0.15) is 18.9 Å². The molecule has 2 aliphatic heterocycles. The number of amides is 1. The zero-order valence-electron chi connectivity index (χ0n) is 16.2. The molecule has 31 heavy (non-hydrogen) atoms. The normalized spacial score (nSPS) is 20.9. The molecule has 0 radical (unpaired) electrons. The first-order valence-electron chi connectivity index (χ1n) is 9.75. The number of ether oxygens (including phenoxy) is 1. The van der Waals surface area contributed by atoms with Crippen molar-refractivity contribution in [1.29, 1.82) is 0 Å². The standard InChI is InChI=1S/C19H18F3N7O2/c20-9-3-12(21)16(13(22)4-9)27-19-26-14-7-24-18(25-10-5-15(30)23-6-10)28-17(14)29(19)11-1-2-31-8-11/h3-4,7,10-11H,1-2,5-6,8H2,(H,23,30)(H,26,27)(H,24,25,28)/t10?,11-/m0/s1. The van der Waals surface area contributed by atoms with Crippen LogP contribution in [0.4, 0.5) is 30.8 Å². The lowest BCUT2D eigenvalue weighted by Crippen LogP contribution is -2.23. The van der Waals surface area contributed by atoms with Gasteiger partial charge in [0.25, 0.3) is 0 Å². The Morgan fingerprint density at radius 1 is 1.19 bits per heavy atom. The fraction of sp³-hybridized carbons (Fsp3) is 0.368. The number of fused-ring (bicyclic) bond motifs is 1. The highest BCUT2D eigenvalue weighted by molar-refractivity contribution is 5.80. The van der Waals surface area contributed by atoms with Gasteiger partial charge in [-0.05, 0) is 6.42 Å². The monoisotopic (exact) mass is 433 g/mol. The van der Waals surface area contributed by atoms with Gasteiger partial charge in [-0.1, -0.05) is 0 Å². The van der Waals surface area contributed by atoms with Gasteiger partial charge in [0, 0.05) is 31.7 Å². The van der Waals surface area contributed by atoms with Crippen molar-refractivity contribution in [3.05, 3.63) is 35.8 Å². The van der Waals surface area contributed by atoms with E-state index in [1.807, 2.05) is 0 Å². The molecule has 0 bridgehead atoms. The Labute approximate surface area is 174 Å². The van der Waals surface area contributed by atoms with Gasteiger partial charge in [-0.2, -0.15) is 4.98 Å². The van der Waals surface area contributed by atoms with Gasteiger partial charge in [0.05, 0.1) is 24.9 Å². The zero-order chi connectivity index (χ0) is 21.5. The maximum atomic E-state index is 14.2. The Kier molecular flexibility index (Phi) is 4.85. The molecule has 9 nitrogen and oxygen atoms in total. The van der Waals surface area contributed by atoms with Crippen molar-refractivity contribution >= 4 is 34.7 Å². The Morgan fingerprint density at radius 2 is 2.00 bits per heavy atom. The van der Waals surface area contributed by atoms with E-state index < -0.39 is 23.1 Å². The van der Waals surface area contributed by atoms with Crippen LogP contribution in [0.5, 0.6) is 0 Å². The van der Waals surface area contributed by atoms with Gasteiger partial charge in [-0.15, -0.1) is 0 Å². The van der Waals surface area contributed by atoms with Crippen LogP contribution < -0.4 is 16.0 Å². The van der Waals surface area contributed by atoms with Crippen LogP contribution in [0.15, 0.2) is 18.3 Å². The first-order valence-corrected chi connectivity index (χ1v) is 9.75. The van der Waals surface area contributed by atoms with Crippen molar-refractivity contribution in [1.82, 2.24) is 24.8 Å². The predicted molar refractivity (Wildman–Crippen MR) is 104 cm³/mol. The lowest BCUT2D eigenvalue weighted by Gasteiger charge is -2.16. The molecule has 2 fully saturated rings. The summed E-state index contributed by atoms with van der Waals surface area (Å²) < 4.78 is 48.9. The summed E-state index contributed by atoms with van der Waals surface area (Å²) in [7, 11) is 0. The van der Waals surface area contributed by atoms with E-state index in [1.165, 1.54) is 6.20 Å². The molecule has 2 saturated heterocycles. The third-order valence-corrected chi connectivity index (χ3v) is 5.26. The van der Waals surface area contributed by atoms with Crippen LogP contribution in [0.2, 0.25) is 0 Å². The number of hydrogen-bond acceptors (Lipinski definition) is 7. The number of nitrogens with zero attached hydrogens (tertiary/aromatic N) is 4. The Bertz CT molecular complexity index is 1140. The summed E-state index contributed by atoms with van der Waals surface area (Å²) in [5.74, 6) is -2.78. The van der Waals surface area contributed by atoms with Crippen LogP contribution in [0, 0.1) is 17.5 Å². The molecule has 0 saturated carbocycles. The topological polar surface area (TPSA) is 106 Å². The van der Waals surface area contributed by atoms with E-state index >= 15 is 0 Å². The van der Waals surface area contributed by atoms with E-state index in [2.05, 4.69) is 30.9 Å². The van der Waals surface area contributed by atoms with Crippen LogP contribution in [-0.4, -0.2) is 51.2 Å². The van der Waals surface area contributed by atoms with Gasteiger partial charge in [0.2, 0.25) is 17.8 Å². The molecule has 0 aliphatic carbocycles. The highest BCUT2D eigenvalue weighted by atomic mass is 19.1. The van der Waals surface area contributed by atoms with Crippen molar-refractivity contribution in [3.63, 3.8) is 0 Å². The van der Waals surface area contributed by atoms with Crippen LogP contribution >= 0.6 is 0 Å². The van der Waals surface area contributed by atoms with E-state index in [9.17, 15) is 18.0 Å². The van der Waals surface area contributed by atoms with E-state index in [0.29, 0.717) is 61.8 Å². The van der Waals surface area contributed by atoms with Crippen LogP contribution in [-0.2, 0) is 9.53 Å². The Morgan fingerprint density at radius 3 is 2.68 bits per heavy atom. The van der Waals surface area contributed by atoms with Crippen molar-refractivity contribution in [2.75, 3.05) is 30.4 Å². The van der Waals surface area contributed by atoms with Crippen molar-refractivity contribution < 1.29 is 22.7 Å². The minimum absolute atomic E-state index is 0.0541. The maximum absolute atomic E-state index is 14.2. The van der Waals surface area contributed by atoms with Crippen molar-refractivity contribution in [2.45, 2.75) is 24.9 Å². The Hall–Kier alpha value is -3.41. The van der Waals surface area contributed by atoms with Gasteiger partial charge < -0.3 is 20.7 Å². The second kappa shape index (κ2) is 7.69. The molecule has 3 N–H and O–H groups in total. The molecule has 3 aromatic rings. The summed E-state index contributed by atoms with van der Waals surface area (Å²) in [4.78, 5) is 24.6. The molecule has 4 heterocycles. The second-order valence-electron chi connectivity index (χ2n) is 7.44. The van der Waals surface area contributed by atoms with Gasteiger partial charge in [-0.25, -0.2) is 23.1 Å². The molecule has 2 aliphatic rings. The average Bonchev–Trinajstić information content (AvgIpc) is 3.44. The molecule has 1 unspecified atom stereocenters. The number of benzene rings is 1. The highest BCUT2D eigenvalue weighted by Gasteiger charge is 2.27. The lowest BCUT2D eigenvalue weighted by molar-refractivity contribution is -0.119. The molecule has 1 amide bonds. The highest BCUT2D eigenvalue weighted by Crippen LogP contribution is 2.32. The zero-order valence-corrected chi connectivity index (χ0v) is 16.2. The van der Waals surface area contributed by atoms with E-state index in [0.717, 1.165) is 0 Å². The first-order chi connectivity index (χ1) is 15.0. The molecule has 2 atom stereocenters. The van der Waals surface area contributed by atoms with Gasteiger partial charge in [0.1, 0.15) is 17.0 Å². The summed E-state index contributed by atoms with van der Waals surface area (Å²) in [6.07, 6.45) is 2.46. The lowest BCUT2D eigenvalue weighted by atomic mass is 10.2. The smallest absolute Gasteiger partial charge is 0.225 e. The summed E-state index contributed by atoms with van der Waals surface area (Å²) in [5, 5.41) is 8.47. The van der Waals surface area contributed by atoms with E-state index in [4.69, 9.17) is 4.74 Å². The average molecular weight is 433 g/mol. The number of halogens is 3. The molecule has 12 heteroatoms. The van der Waals surface area contributed by atoms with Crippen LogP contribution in [0.25, 0.3) is 11.2 Å². The van der Waals surface area contributed by atoms with Gasteiger partial charge in [-0.3, -0.25) is 9.36 Å². The quantitative estimate of drug-likeness (QED) is 0.567. The van der Waals surface area contributed by atoms with Gasteiger partial charge in [0.15, 0.2) is 17.3 Å². The van der Waals surface area contributed by atoms with Crippen LogP contribution in [0.3, 0.4) is 0 Å². The SMILES string of the molecule is O=C1CC(Nc2ncc3nc(Nc4c(F)cc(F)cc4F)n([C@H]4CCOC4)c3n2)CN1. The molecule has 1 aromatic carbocycles. The van der Waals surface area contributed by atoms with E-state index in [-0.39, 0.29) is 23.9 Å². The summed E-state index contributed by atoms with van der Waals surface area (Å²) in [5.41, 5.74) is 0.331. The van der Waals surface area contributed by atoms with Crippen molar-refractivity contribution in [2.24, 2.45) is 0 Å². The fourth-order valence-corrected chi connectivity index (χ4v) is 3.78. The number of nitrogens with one attached hydrogen (secondary N) is 3. The number of imidazole rings is 1. The number of aromatic nitrogens is 4. The molecule has 0 spiro atoms. The summed E-state index contributed by atoms with van der Waals surface area (Å²) >= 11 is 0. The summed E-state index contributed by atoms with van der Waals surface area (Å²) in [6.45, 7) is 1.36. The number of anilines is 3. The number of carbonyl (C=O) groups is 1. The molecular formula is C19H18F3N7O2. The molecule has 2 aromatic heterocycles. The molecular weight excluding hydrogens is 415 g/mol. The number of carbonyl (C=O) groups excluding carboxylic acids is 1. The third-order valence-electron chi connectivity index (χ3n) is 5.26. The summed E-state index contributed by atoms with van der Waals surface area (Å²) in [6, 6.07) is 0.874. The van der Waals surface area contributed by atoms with Crippen molar-refractivity contribution in [3.8, 4) is 0 Å². The Balaban J connectivity index is 1.54. The van der Waals surface area contributed by atoms with E-state index in [1.54, 1.807) is 4.57 Å². The minimum atomic E-state index is -1.08. The number of hydrogen-bond donors (Lipinski definition) is 3. The third kappa shape index (κ3) is 3.74. The van der Waals surface area contributed by atoms with Gasteiger partial charge >= 0.3 is 0 Å². The first kappa shape index (κ1) is 19.5. The molecule has 162 valence electrons. The maximum Gasteiger partial charge on any atom is 0.225 e. The minimum Gasteiger partial charge on any atom is -0.379 e. The predicted octanol–water partition coefficient (Wildman–Crippen LogP) is 2.25. The number of rotatable bonds is 5. The molecule has 5 rings (SSSR count). The second-order valence-corrected chi connectivity index (χ2v) is 7.44. The fourth-order valence-electron chi connectivity index (χ4n) is 3.78. The largest absolute Gasteiger partial charge is 0.379 e.